The van der Waals surface area contributed by atoms with Crippen molar-refractivity contribution in [1.29, 1.82) is 0 Å². The lowest BCUT2D eigenvalue weighted by molar-refractivity contribution is 0.107. The topological polar surface area (TPSA) is 49.4 Å². The molecule has 0 unspecified atom stereocenters. The second kappa shape index (κ2) is 10.5. The highest BCUT2D eigenvalue weighted by atomic mass is 32.2. The van der Waals surface area contributed by atoms with Gasteiger partial charge in [0.05, 0.1) is 5.75 Å². The molecule has 3 rings (SSSR count). The predicted molar refractivity (Wildman–Crippen MR) is 128 cm³/mol. The molecule has 2 fully saturated rings. The highest BCUT2D eigenvalue weighted by Gasteiger charge is 2.38. The lowest BCUT2D eigenvalue weighted by Gasteiger charge is -2.45. The number of anilines is 1. The monoisotopic (exact) mass is 434 g/mol. The molecule has 1 saturated carbocycles. The minimum absolute atomic E-state index is 0.0894. The first-order valence-electron chi connectivity index (χ1n) is 12.2. The minimum Gasteiger partial charge on any atom is -0.303 e. The molecule has 0 bridgehead atoms. The van der Waals surface area contributed by atoms with Gasteiger partial charge in [0.2, 0.25) is 10.0 Å². The van der Waals surface area contributed by atoms with Crippen LogP contribution >= 0.6 is 0 Å². The van der Waals surface area contributed by atoms with E-state index in [9.17, 15) is 8.42 Å². The molecule has 170 valence electrons. The Hall–Kier alpha value is -1.07. The Balaban J connectivity index is 1.56. The van der Waals surface area contributed by atoms with Crippen molar-refractivity contribution in [2.75, 3.05) is 30.1 Å². The number of rotatable bonds is 9. The van der Waals surface area contributed by atoms with Crippen LogP contribution in [-0.2, 0) is 15.4 Å². The number of nitrogens with zero attached hydrogens (tertiary/aromatic N) is 1. The number of likely N-dealkylation sites (tertiary alicyclic amines) is 1. The molecule has 30 heavy (non-hydrogen) atoms. The molecule has 0 spiro atoms. The van der Waals surface area contributed by atoms with Crippen LogP contribution in [0.25, 0.3) is 0 Å². The van der Waals surface area contributed by atoms with E-state index in [4.69, 9.17) is 0 Å². The summed E-state index contributed by atoms with van der Waals surface area (Å²) in [6, 6.07) is 8.09. The van der Waals surface area contributed by atoms with Crippen LogP contribution in [0.3, 0.4) is 0 Å². The zero-order valence-corrected chi connectivity index (χ0v) is 20.1. The zero-order chi connectivity index (χ0) is 21.6. The Kier molecular flexibility index (Phi) is 8.25. The average Bonchev–Trinajstić information content (AvgIpc) is 2.71. The van der Waals surface area contributed by atoms with Crippen LogP contribution in [0.5, 0.6) is 0 Å². The van der Waals surface area contributed by atoms with E-state index in [1.807, 2.05) is 19.1 Å². The first kappa shape index (κ1) is 23.6. The van der Waals surface area contributed by atoms with Gasteiger partial charge in [-0.25, -0.2) is 8.42 Å². The summed E-state index contributed by atoms with van der Waals surface area (Å²) in [5.74, 6) is 1.69. The molecule has 1 aromatic carbocycles. The first-order valence-corrected chi connectivity index (χ1v) is 13.8. The van der Waals surface area contributed by atoms with E-state index in [1.54, 1.807) is 0 Å². The third-order valence-electron chi connectivity index (χ3n) is 7.65. The average molecular weight is 435 g/mol. The van der Waals surface area contributed by atoms with Crippen LogP contribution in [0.2, 0.25) is 0 Å². The van der Waals surface area contributed by atoms with Crippen molar-refractivity contribution in [3.8, 4) is 0 Å². The number of hydrogen-bond acceptors (Lipinski definition) is 3. The lowest BCUT2D eigenvalue weighted by atomic mass is 9.68. The highest BCUT2D eigenvalue weighted by molar-refractivity contribution is 7.92. The van der Waals surface area contributed by atoms with Crippen molar-refractivity contribution in [2.24, 2.45) is 11.8 Å². The van der Waals surface area contributed by atoms with Crippen molar-refractivity contribution < 1.29 is 8.42 Å². The maximum Gasteiger partial charge on any atom is 0.232 e. The molecule has 1 N–H and O–H groups in total. The van der Waals surface area contributed by atoms with Crippen LogP contribution in [-0.4, -0.2) is 38.7 Å². The smallest absolute Gasteiger partial charge is 0.232 e. The van der Waals surface area contributed by atoms with E-state index in [2.05, 4.69) is 35.6 Å². The fourth-order valence-electron chi connectivity index (χ4n) is 5.47. The van der Waals surface area contributed by atoms with Crippen LogP contribution in [0.4, 0.5) is 5.69 Å². The molecule has 1 saturated heterocycles. The SMILES string of the molecule is CCCS(=O)(=O)Nc1cccc([C@@]2(C)CCN(CCCC3CCCCC3)C[C@@H]2C)c1. The summed E-state index contributed by atoms with van der Waals surface area (Å²) in [7, 11) is -3.25. The Morgan fingerprint density at radius 1 is 1.20 bits per heavy atom. The summed E-state index contributed by atoms with van der Waals surface area (Å²) in [4.78, 5) is 2.66. The second-order valence-electron chi connectivity index (χ2n) is 10.0. The van der Waals surface area contributed by atoms with Crippen molar-refractivity contribution in [1.82, 2.24) is 4.90 Å². The number of piperidine rings is 1. The van der Waals surface area contributed by atoms with E-state index in [-0.39, 0.29) is 11.2 Å². The van der Waals surface area contributed by atoms with Gasteiger partial charge in [0.25, 0.3) is 0 Å². The molecular formula is C25H42N2O2S. The summed E-state index contributed by atoms with van der Waals surface area (Å²) in [6.45, 7) is 10.1. The molecule has 5 heteroatoms. The summed E-state index contributed by atoms with van der Waals surface area (Å²) >= 11 is 0. The van der Waals surface area contributed by atoms with E-state index in [0.29, 0.717) is 18.0 Å². The Morgan fingerprint density at radius 3 is 2.67 bits per heavy atom. The van der Waals surface area contributed by atoms with Crippen LogP contribution < -0.4 is 4.72 Å². The normalized spacial score (nSPS) is 26.6. The van der Waals surface area contributed by atoms with Gasteiger partial charge in [-0.15, -0.1) is 0 Å². The van der Waals surface area contributed by atoms with E-state index >= 15 is 0 Å². The summed E-state index contributed by atoms with van der Waals surface area (Å²) in [6.07, 6.45) is 11.7. The van der Waals surface area contributed by atoms with E-state index in [1.165, 1.54) is 57.1 Å². The first-order chi connectivity index (χ1) is 14.3. The number of hydrogen-bond donors (Lipinski definition) is 1. The van der Waals surface area contributed by atoms with Crippen LogP contribution in [0.1, 0.15) is 84.1 Å². The van der Waals surface area contributed by atoms with Gasteiger partial charge >= 0.3 is 0 Å². The van der Waals surface area contributed by atoms with Crippen LogP contribution in [0, 0.1) is 11.8 Å². The van der Waals surface area contributed by atoms with Gasteiger partial charge in [0.1, 0.15) is 0 Å². The maximum absolute atomic E-state index is 12.2. The molecule has 0 amide bonds. The van der Waals surface area contributed by atoms with E-state index < -0.39 is 10.0 Å². The Morgan fingerprint density at radius 2 is 1.97 bits per heavy atom. The molecule has 1 aromatic rings. The molecule has 0 radical (unpaired) electrons. The number of sulfonamides is 1. The zero-order valence-electron chi connectivity index (χ0n) is 19.3. The van der Waals surface area contributed by atoms with E-state index in [0.717, 1.165) is 25.4 Å². The fraction of sp³-hybridized carbons (Fsp3) is 0.760. The number of nitrogens with one attached hydrogen (secondary N) is 1. The quantitative estimate of drug-likeness (QED) is 0.534. The van der Waals surface area contributed by atoms with Gasteiger partial charge in [-0.2, -0.15) is 0 Å². The van der Waals surface area contributed by atoms with Gasteiger partial charge in [-0.1, -0.05) is 65.0 Å². The number of benzene rings is 1. The van der Waals surface area contributed by atoms with Crippen LogP contribution in [0.15, 0.2) is 24.3 Å². The lowest BCUT2D eigenvalue weighted by Crippen LogP contribution is -2.47. The third-order valence-corrected chi connectivity index (χ3v) is 9.14. The van der Waals surface area contributed by atoms with Crippen molar-refractivity contribution in [3.05, 3.63) is 29.8 Å². The van der Waals surface area contributed by atoms with Gasteiger partial charge in [0.15, 0.2) is 0 Å². The Bertz CT molecular complexity index is 773. The second-order valence-corrected chi connectivity index (χ2v) is 11.9. The molecule has 0 aromatic heterocycles. The summed E-state index contributed by atoms with van der Waals surface area (Å²) < 4.78 is 27.1. The minimum atomic E-state index is -3.25. The molecule has 4 nitrogen and oxygen atoms in total. The fourth-order valence-corrected chi connectivity index (χ4v) is 6.59. The van der Waals surface area contributed by atoms with Crippen molar-refractivity contribution in [3.63, 3.8) is 0 Å². The van der Waals surface area contributed by atoms with Gasteiger partial charge in [-0.3, -0.25) is 4.72 Å². The molecule has 1 aliphatic carbocycles. The summed E-state index contributed by atoms with van der Waals surface area (Å²) in [5.41, 5.74) is 2.05. The van der Waals surface area contributed by atoms with Crippen molar-refractivity contribution >= 4 is 15.7 Å². The molecule has 2 aliphatic rings. The predicted octanol–water partition coefficient (Wildman–Crippen LogP) is 5.80. The van der Waals surface area contributed by atoms with Crippen molar-refractivity contribution in [2.45, 2.75) is 84.0 Å². The van der Waals surface area contributed by atoms with Gasteiger partial charge in [-0.05, 0) is 73.7 Å². The largest absolute Gasteiger partial charge is 0.303 e. The molecule has 1 aliphatic heterocycles. The standard InChI is InChI=1S/C25H42N2O2S/c1-4-18-30(28,29)26-24-14-8-13-23(19-24)25(3)15-17-27(20-21(25)2)16-9-12-22-10-6-5-7-11-22/h8,13-14,19,21-22,26H,4-7,9-12,15-18,20H2,1-3H3/t21-,25-/m0/s1. The highest BCUT2D eigenvalue weighted by Crippen LogP contribution is 2.40. The van der Waals surface area contributed by atoms with Gasteiger partial charge in [0, 0.05) is 12.2 Å². The van der Waals surface area contributed by atoms with Gasteiger partial charge < -0.3 is 4.90 Å². The third kappa shape index (κ3) is 6.23. The maximum atomic E-state index is 12.2. The molecule has 1 heterocycles. The summed E-state index contributed by atoms with van der Waals surface area (Å²) in [5, 5.41) is 0. The molecular weight excluding hydrogens is 392 g/mol. The molecule has 2 atom stereocenters. The Labute approximate surface area is 184 Å².